The van der Waals surface area contributed by atoms with Crippen LogP contribution in [0.2, 0.25) is 0 Å². The van der Waals surface area contributed by atoms with Gasteiger partial charge < -0.3 is 15.5 Å². The van der Waals surface area contributed by atoms with E-state index in [-0.39, 0.29) is 0 Å². The second-order valence-corrected chi connectivity index (χ2v) is 3.67. The Labute approximate surface area is 113 Å². The summed E-state index contributed by atoms with van der Waals surface area (Å²) < 4.78 is 5.06. The Kier molecular flexibility index (Phi) is 6.03. The van der Waals surface area contributed by atoms with Crippen LogP contribution in [0.15, 0.2) is 33.5 Å². The highest BCUT2D eigenvalue weighted by atomic mass is 31.0. The second-order valence-electron chi connectivity index (χ2n) is 3.67. The van der Waals surface area contributed by atoms with Crippen molar-refractivity contribution in [3.05, 3.63) is 40.2 Å². The number of fused-ring (bicyclic) bond motifs is 1. The van der Waals surface area contributed by atoms with Gasteiger partial charge in [0, 0.05) is 29.8 Å². The van der Waals surface area contributed by atoms with E-state index in [0.717, 1.165) is 10.9 Å². The fourth-order valence-corrected chi connectivity index (χ4v) is 1.72. The van der Waals surface area contributed by atoms with Crippen molar-refractivity contribution in [2.75, 3.05) is 18.9 Å². The molecular weight excluding hydrogens is 263 g/mol. The van der Waals surface area contributed by atoms with Crippen LogP contribution in [0.5, 0.6) is 0 Å². The summed E-state index contributed by atoms with van der Waals surface area (Å²) in [6.07, 6.45) is 1.20. The number of carbonyl (C=O) groups excluding carboxylic acids is 1. The molecule has 1 atom stereocenters. The molecule has 19 heavy (non-hydrogen) atoms. The molecule has 2 aromatic rings. The van der Waals surface area contributed by atoms with E-state index in [1.807, 2.05) is 12.7 Å². The third kappa shape index (κ3) is 4.07. The van der Waals surface area contributed by atoms with Gasteiger partial charge in [0.1, 0.15) is 5.58 Å². The first-order chi connectivity index (χ1) is 9.20. The number of amides is 1. The summed E-state index contributed by atoms with van der Waals surface area (Å²) in [5.41, 5.74) is 7.07. The van der Waals surface area contributed by atoms with E-state index in [0.29, 0.717) is 30.6 Å². The van der Waals surface area contributed by atoms with Crippen LogP contribution in [0.1, 0.15) is 5.56 Å². The maximum atomic E-state index is 11.4. The number of carbonyl (C=O) groups is 1. The van der Waals surface area contributed by atoms with E-state index in [4.69, 9.17) is 10.2 Å². The first-order valence-corrected chi connectivity index (χ1v) is 6.93. The fourth-order valence-electron chi connectivity index (χ4n) is 1.72. The number of benzene rings is 1. The molecule has 0 aliphatic heterocycles. The SMILES string of the molecule is CP.Nc1ccc2c(CCNC=O)cc(=O)oc2c1. The van der Waals surface area contributed by atoms with Gasteiger partial charge in [-0.2, -0.15) is 0 Å². The third-order valence-corrected chi connectivity index (χ3v) is 2.48. The molecule has 1 heterocycles. The van der Waals surface area contributed by atoms with Gasteiger partial charge in [0.05, 0.1) is 0 Å². The molecule has 5 nitrogen and oxygen atoms in total. The van der Waals surface area contributed by atoms with E-state index in [2.05, 4.69) is 14.6 Å². The van der Waals surface area contributed by atoms with Crippen molar-refractivity contribution in [1.82, 2.24) is 5.32 Å². The predicted octanol–water partition coefficient (Wildman–Crippen LogP) is 1.16. The summed E-state index contributed by atoms with van der Waals surface area (Å²) in [4.78, 5) is 21.5. The number of rotatable bonds is 4. The van der Waals surface area contributed by atoms with Gasteiger partial charge in [-0.25, -0.2) is 4.79 Å². The van der Waals surface area contributed by atoms with Crippen molar-refractivity contribution >= 4 is 32.3 Å². The lowest BCUT2D eigenvalue weighted by molar-refractivity contribution is -0.109. The molecule has 0 bridgehead atoms. The minimum absolute atomic E-state index is 0.413. The van der Waals surface area contributed by atoms with Gasteiger partial charge in [0.2, 0.25) is 6.41 Å². The van der Waals surface area contributed by atoms with Crippen LogP contribution in [-0.4, -0.2) is 19.6 Å². The van der Waals surface area contributed by atoms with Crippen molar-refractivity contribution in [3.63, 3.8) is 0 Å². The average Bonchev–Trinajstić information content (AvgIpc) is 2.40. The second kappa shape index (κ2) is 7.54. The molecule has 0 fully saturated rings. The highest BCUT2D eigenvalue weighted by molar-refractivity contribution is 7.15. The lowest BCUT2D eigenvalue weighted by Gasteiger charge is -2.05. The van der Waals surface area contributed by atoms with Crippen LogP contribution in [0, 0.1) is 0 Å². The number of hydrogen-bond acceptors (Lipinski definition) is 4. The smallest absolute Gasteiger partial charge is 0.336 e. The van der Waals surface area contributed by atoms with Crippen LogP contribution >= 0.6 is 9.24 Å². The number of nitrogen functional groups attached to an aromatic ring is 1. The Balaban J connectivity index is 0.000000861. The molecular formula is C13H17N2O3P. The number of hydrogen-bond donors (Lipinski definition) is 2. The summed E-state index contributed by atoms with van der Waals surface area (Å²) in [6, 6.07) is 6.61. The van der Waals surface area contributed by atoms with Crippen molar-refractivity contribution in [3.8, 4) is 0 Å². The largest absolute Gasteiger partial charge is 0.423 e. The Morgan fingerprint density at radius 1 is 1.37 bits per heavy atom. The van der Waals surface area contributed by atoms with Gasteiger partial charge in [-0.3, -0.25) is 4.79 Å². The zero-order valence-electron chi connectivity index (χ0n) is 10.7. The lowest BCUT2D eigenvalue weighted by atomic mass is 10.1. The summed E-state index contributed by atoms with van der Waals surface area (Å²) in [5, 5.41) is 3.39. The predicted molar refractivity (Wildman–Crippen MR) is 80.3 cm³/mol. The molecule has 1 amide bonds. The minimum atomic E-state index is -0.413. The summed E-state index contributed by atoms with van der Waals surface area (Å²) in [6.45, 7) is 2.40. The molecule has 0 aliphatic carbocycles. The molecule has 0 aliphatic rings. The van der Waals surface area contributed by atoms with Crippen LogP contribution < -0.4 is 16.7 Å². The fraction of sp³-hybridized carbons (Fsp3) is 0.231. The number of nitrogens with one attached hydrogen (secondary N) is 1. The average molecular weight is 280 g/mol. The van der Waals surface area contributed by atoms with E-state index < -0.39 is 5.63 Å². The third-order valence-electron chi connectivity index (χ3n) is 2.48. The van der Waals surface area contributed by atoms with Crippen molar-refractivity contribution in [2.45, 2.75) is 6.42 Å². The lowest BCUT2D eigenvalue weighted by Crippen LogP contribution is -2.15. The zero-order valence-corrected chi connectivity index (χ0v) is 11.8. The normalized spacial score (nSPS) is 9.58. The number of nitrogens with two attached hydrogens (primary N) is 1. The maximum absolute atomic E-state index is 11.4. The molecule has 0 radical (unpaired) electrons. The van der Waals surface area contributed by atoms with Gasteiger partial charge in [0.15, 0.2) is 0 Å². The maximum Gasteiger partial charge on any atom is 0.336 e. The summed E-state index contributed by atoms with van der Waals surface area (Å²) in [5.74, 6) is 0. The van der Waals surface area contributed by atoms with Crippen molar-refractivity contribution < 1.29 is 9.21 Å². The molecule has 1 aromatic carbocycles. The summed E-state index contributed by atoms with van der Waals surface area (Å²) >= 11 is 0. The summed E-state index contributed by atoms with van der Waals surface area (Å²) in [7, 11) is 2.42. The van der Waals surface area contributed by atoms with E-state index >= 15 is 0 Å². The molecule has 2 rings (SSSR count). The minimum Gasteiger partial charge on any atom is -0.423 e. The van der Waals surface area contributed by atoms with E-state index in [1.54, 1.807) is 12.1 Å². The first kappa shape index (κ1) is 15.2. The Hall–Kier alpha value is -1.87. The highest BCUT2D eigenvalue weighted by Crippen LogP contribution is 2.19. The van der Waals surface area contributed by atoms with Gasteiger partial charge >= 0.3 is 5.63 Å². The first-order valence-electron chi connectivity index (χ1n) is 5.78. The topological polar surface area (TPSA) is 85.3 Å². The van der Waals surface area contributed by atoms with Crippen molar-refractivity contribution in [2.24, 2.45) is 0 Å². The Morgan fingerprint density at radius 3 is 2.79 bits per heavy atom. The van der Waals surface area contributed by atoms with Crippen LogP contribution in [-0.2, 0) is 11.2 Å². The molecule has 6 heteroatoms. The molecule has 0 saturated carbocycles. The van der Waals surface area contributed by atoms with Crippen LogP contribution in [0.25, 0.3) is 11.0 Å². The van der Waals surface area contributed by atoms with Gasteiger partial charge in [-0.15, -0.1) is 9.24 Å². The van der Waals surface area contributed by atoms with Crippen LogP contribution in [0.4, 0.5) is 5.69 Å². The molecule has 0 spiro atoms. The molecule has 1 unspecified atom stereocenters. The number of anilines is 1. The van der Waals surface area contributed by atoms with E-state index in [9.17, 15) is 9.59 Å². The highest BCUT2D eigenvalue weighted by Gasteiger charge is 2.05. The van der Waals surface area contributed by atoms with Crippen LogP contribution in [0.3, 0.4) is 0 Å². The quantitative estimate of drug-likeness (QED) is 0.289. The monoisotopic (exact) mass is 280 g/mol. The zero-order chi connectivity index (χ0) is 14.3. The van der Waals surface area contributed by atoms with Gasteiger partial charge in [-0.1, -0.05) is 6.66 Å². The molecule has 0 saturated heterocycles. The Morgan fingerprint density at radius 2 is 2.11 bits per heavy atom. The molecule has 102 valence electrons. The van der Waals surface area contributed by atoms with Gasteiger partial charge in [0.25, 0.3) is 0 Å². The molecule has 1 aromatic heterocycles. The molecule has 3 N–H and O–H groups in total. The van der Waals surface area contributed by atoms with Gasteiger partial charge in [-0.05, 0) is 24.1 Å². The van der Waals surface area contributed by atoms with E-state index in [1.165, 1.54) is 6.07 Å². The standard InChI is InChI=1S/C12H12N2O3.CH5P/c13-9-1-2-10-8(3-4-14-7-15)5-12(16)17-11(10)6-9;1-2/h1-2,5-7H,3-4,13H2,(H,14,15);2H2,1H3. The van der Waals surface area contributed by atoms with Crippen molar-refractivity contribution in [1.29, 1.82) is 0 Å². The Bertz CT molecular complexity index is 610.